The van der Waals surface area contributed by atoms with Crippen molar-refractivity contribution in [3.63, 3.8) is 0 Å². The molecule has 0 aliphatic rings. The van der Waals surface area contributed by atoms with Gasteiger partial charge in [-0.15, -0.1) is 11.3 Å². The molecular weight excluding hydrogens is 288 g/mol. The lowest BCUT2D eigenvalue weighted by molar-refractivity contribution is -0.115. The molecule has 1 amide bonds. The number of aromatic amines is 1. The molecule has 7 heteroatoms. The molecular formula is C14H14N4O2S. The summed E-state index contributed by atoms with van der Waals surface area (Å²) in [6.07, 6.45) is 1.83. The number of nitrogens with zero attached hydrogens (tertiary/aromatic N) is 2. The summed E-state index contributed by atoms with van der Waals surface area (Å²) in [5.41, 5.74) is 3.08. The third-order valence-corrected chi connectivity index (χ3v) is 3.92. The van der Waals surface area contributed by atoms with Crippen LogP contribution in [0.3, 0.4) is 0 Å². The molecule has 3 rings (SSSR count). The number of furan rings is 1. The smallest absolute Gasteiger partial charge is 0.230 e. The van der Waals surface area contributed by atoms with Crippen molar-refractivity contribution < 1.29 is 9.21 Å². The van der Waals surface area contributed by atoms with E-state index >= 15 is 0 Å². The van der Waals surface area contributed by atoms with Gasteiger partial charge in [0.2, 0.25) is 5.91 Å². The van der Waals surface area contributed by atoms with Crippen LogP contribution in [0.1, 0.15) is 17.1 Å². The van der Waals surface area contributed by atoms with E-state index in [1.165, 1.54) is 11.3 Å². The van der Waals surface area contributed by atoms with E-state index in [2.05, 4.69) is 20.5 Å². The van der Waals surface area contributed by atoms with Gasteiger partial charge in [-0.05, 0) is 26.0 Å². The molecule has 21 heavy (non-hydrogen) atoms. The van der Waals surface area contributed by atoms with Gasteiger partial charge < -0.3 is 9.73 Å². The maximum absolute atomic E-state index is 12.1. The maximum Gasteiger partial charge on any atom is 0.230 e. The molecule has 3 heterocycles. The molecule has 3 aromatic heterocycles. The van der Waals surface area contributed by atoms with Gasteiger partial charge in [0.05, 0.1) is 35.5 Å². The summed E-state index contributed by atoms with van der Waals surface area (Å²) in [6.45, 7) is 3.71. The Morgan fingerprint density at radius 2 is 2.33 bits per heavy atom. The van der Waals surface area contributed by atoms with Crippen molar-refractivity contribution in [1.29, 1.82) is 0 Å². The van der Waals surface area contributed by atoms with Crippen LogP contribution in [0.25, 0.3) is 10.8 Å². The number of amides is 1. The average molecular weight is 302 g/mol. The van der Waals surface area contributed by atoms with Crippen molar-refractivity contribution in [2.45, 2.75) is 20.3 Å². The van der Waals surface area contributed by atoms with E-state index in [4.69, 9.17) is 4.42 Å². The third kappa shape index (κ3) is 2.87. The zero-order valence-corrected chi connectivity index (χ0v) is 12.5. The lowest BCUT2D eigenvalue weighted by atomic mass is 10.2. The Bertz CT molecular complexity index is 738. The second kappa shape index (κ2) is 5.53. The molecule has 0 bridgehead atoms. The summed E-state index contributed by atoms with van der Waals surface area (Å²) in [7, 11) is 0. The first-order valence-corrected chi connectivity index (χ1v) is 7.31. The number of aromatic nitrogens is 3. The minimum absolute atomic E-state index is 0.112. The molecule has 6 nitrogen and oxygen atoms in total. The van der Waals surface area contributed by atoms with Crippen LogP contribution in [0.5, 0.6) is 0 Å². The average Bonchev–Trinajstić information content (AvgIpc) is 3.16. The van der Waals surface area contributed by atoms with Crippen LogP contribution in [0, 0.1) is 13.8 Å². The molecule has 0 spiro atoms. The van der Waals surface area contributed by atoms with Crippen molar-refractivity contribution in [1.82, 2.24) is 15.2 Å². The van der Waals surface area contributed by atoms with Crippen molar-refractivity contribution in [3.05, 3.63) is 40.9 Å². The summed E-state index contributed by atoms with van der Waals surface area (Å²) >= 11 is 1.46. The predicted octanol–water partition coefficient (Wildman–Crippen LogP) is 2.92. The molecule has 0 saturated carbocycles. The van der Waals surface area contributed by atoms with Crippen LogP contribution in [-0.2, 0) is 11.2 Å². The van der Waals surface area contributed by atoms with Gasteiger partial charge in [-0.2, -0.15) is 5.10 Å². The minimum atomic E-state index is -0.112. The van der Waals surface area contributed by atoms with Crippen LogP contribution < -0.4 is 5.32 Å². The maximum atomic E-state index is 12.1. The van der Waals surface area contributed by atoms with Gasteiger partial charge in [-0.3, -0.25) is 9.89 Å². The van der Waals surface area contributed by atoms with Crippen LogP contribution in [-0.4, -0.2) is 21.1 Å². The molecule has 0 aromatic carbocycles. The van der Waals surface area contributed by atoms with Crippen molar-refractivity contribution >= 4 is 22.9 Å². The lowest BCUT2D eigenvalue weighted by Crippen LogP contribution is -2.15. The second-order valence-electron chi connectivity index (χ2n) is 4.66. The largest absolute Gasteiger partial charge is 0.462 e. The second-order valence-corrected chi connectivity index (χ2v) is 5.51. The first kappa shape index (κ1) is 13.6. The highest BCUT2D eigenvalue weighted by molar-refractivity contribution is 7.13. The number of thiazole rings is 1. The van der Waals surface area contributed by atoms with Gasteiger partial charge in [-0.25, -0.2) is 4.98 Å². The first-order valence-electron chi connectivity index (χ1n) is 6.43. The fourth-order valence-corrected chi connectivity index (χ4v) is 2.77. The number of carbonyl (C=O) groups is 1. The topological polar surface area (TPSA) is 83.8 Å². The minimum Gasteiger partial charge on any atom is -0.462 e. The Morgan fingerprint density at radius 3 is 3.00 bits per heavy atom. The van der Waals surface area contributed by atoms with E-state index in [0.29, 0.717) is 5.76 Å². The fourth-order valence-electron chi connectivity index (χ4n) is 1.98. The zero-order valence-electron chi connectivity index (χ0n) is 11.6. The van der Waals surface area contributed by atoms with Gasteiger partial charge in [0, 0.05) is 5.38 Å². The van der Waals surface area contributed by atoms with Crippen LogP contribution in [0.2, 0.25) is 0 Å². The number of nitrogens with one attached hydrogen (secondary N) is 2. The number of anilines is 1. The van der Waals surface area contributed by atoms with E-state index in [1.807, 2.05) is 31.4 Å². The van der Waals surface area contributed by atoms with E-state index < -0.39 is 0 Å². The van der Waals surface area contributed by atoms with E-state index in [9.17, 15) is 4.79 Å². The SMILES string of the molecule is Cc1n[nH]c(C)c1NC(=O)Cc1csc(-c2ccco2)n1. The molecule has 0 aliphatic heterocycles. The Balaban J connectivity index is 1.68. The Kier molecular flexibility index (Phi) is 3.57. The third-order valence-electron chi connectivity index (χ3n) is 3.02. The normalized spacial score (nSPS) is 10.8. The molecule has 2 N–H and O–H groups in total. The highest BCUT2D eigenvalue weighted by atomic mass is 32.1. The van der Waals surface area contributed by atoms with Crippen molar-refractivity contribution in [3.8, 4) is 10.8 Å². The van der Waals surface area contributed by atoms with Gasteiger partial charge in [0.1, 0.15) is 0 Å². The summed E-state index contributed by atoms with van der Waals surface area (Å²) in [5, 5.41) is 12.4. The monoisotopic (exact) mass is 302 g/mol. The first-order chi connectivity index (χ1) is 10.1. The number of carbonyl (C=O) groups excluding carboxylic acids is 1. The fraction of sp³-hybridized carbons (Fsp3) is 0.214. The quantitative estimate of drug-likeness (QED) is 0.776. The molecule has 0 atom stereocenters. The van der Waals surface area contributed by atoms with E-state index in [1.54, 1.807) is 6.26 Å². The molecule has 0 saturated heterocycles. The van der Waals surface area contributed by atoms with E-state index in [-0.39, 0.29) is 12.3 Å². The van der Waals surface area contributed by atoms with Crippen molar-refractivity contribution in [2.24, 2.45) is 0 Å². The number of hydrogen-bond donors (Lipinski definition) is 2. The lowest BCUT2D eigenvalue weighted by Gasteiger charge is -2.03. The number of H-pyrrole nitrogens is 1. The molecule has 0 unspecified atom stereocenters. The van der Waals surface area contributed by atoms with E-state index in [0.717, 1.165) is 27.8 Å². The Morgan fingerprint density at radius 1 is 1.48 bits per heavy atom. The number of rotatable bonds is 4. The molecule has 0 aliphatic carbocycles. The summed E-state index contributed by atoms with van der Waals surface area (Å²) in [5.74, 6) is 0.604. The van der Waals surface area contributed by atoms with Gasteiger partial charge in [0.25, 0.3) is 0 Å². The van der Waals surface area contributed by atoms with Gasteiger partial charge >= 0.3 is 0 Å². The Labute approximate surface area is 125 Å². The number of aryl methyl sites for hydroxylation is 2. The van der Waals surface area contributed by atoms with Crippen LogP contribution >= 0.6 is 11.3 Å². The standard InChI is InChI=1S/C14H14N4O2S/c1-8-13(9(2)18-17-8)16-12(19)6-10-7-21-14(15-10)11-4-3-5-20-11/h3-5,7H,6H2,1-2H3,(H,16,19)(H,17,18). The highest BCUT2D eigenvalue weighted by Crippen LogP contribution is 2.24. The van der Waals surface area contributed by atoms with Gasteiger partial charge in [-0.1, -0.05) is 0 Å². The molecule has 0 radical (unpaired) electrons. The van der Waals surface area contributed by atoms with Gasteiger partial charge in [0.15, 0.2) is 10.8 Å². The number of hydrogen-bond acceptors (Lipinski definition) is 5. The molecule has 0 fully saturated rings. The zero-order chi connectivity index (χ0) is 14.8. The van der Waals surface area contributed by atoms with Crippen LogP contribution in [0.15, 0.2) is 28.2 Å². The van der Waals surface area contributed by atoms with Crippen molar-refractivity contribution in [2.75, 3.05) is 5.32 Å². The molecule has 3 aromatic rings. The highest BCUT2D eigenvalue weighted by Gasteiger charge is 2.13. The summed E-state index contributed by atoms with van der Waals surface area (Å²) in [6, 6.07) is 3.66. The summed E-state index contributed by atoms with van der Waals surface area (Å²) < 4.78 is 5.29. The predicted molar refractivity (Wildman–Crippen MR) is 80.2 cm³/mol. The van der Waals surface area contributed by atoms with Crippen LogP contribution in [0.4, 0.5) is 5.69 Å². The molecule has 108 valence electrons. The Hall–Kier alpha value is -2.41. The summed E-state index contributed by atoms with van der Waals surface area (Å²) in [4.78, 5) is 16.5.